The molecule has 0 atom stereocenters. The van der Waals surface area contributed by atoms with Gasteiger partial charge in [0.2, 0.25) is 15.9 Å². The maximum Gasteiger partial charge on any atom is 0.248 e. The van der Waals surface area contributed by atoms with Gasteiger partial charge in [0.25, 0.3) is 0 Å². The largest absolute Gasteiger partial charge is 0.323 e. The van der Waals surface area contributed by atoms with Gasteiger partial charge in [-0.25, -0.2) is 13.1 Å². The van der Waals surface area contributed by atoms with Crippen LogP contribution in [-0.4, -0.2) is 21.4 Å². The van der Waals surface area contributed by atoms with Crippen molar-refractivity contribution in [3.63, 3.8) is 0 Å². The molecule has 0 aliphatic heterocycles. The molecule has 0 aromatic heterocycles. The van der Waals surface area contributed by atoms with Crippen LogP contribution < -0.4 is 10.0 Å². The molecular weight excluding hydrogens is 336 g/mol. The molecule has 0 bridgehead atoms. The van der Waals surface area contributed by atoms with Crippen LogP contribution in [0.3, 0.4) is 0 Å². The van der Waals surface area contributed by atoms with Gasteiger partial charge in [-0.05, 0) is 55.1 Å². The third-order valence-electron chi connectivity index (χ3n) is 3.00. The first-order valence-electron chi connectivity index (χ1n) is 6.69. The van der Waals surface area contributed by atoms with E-state index in [2.05, 4.69) is 10.0 Å². The highest BCUT2D eigenvalue weighted by Crippen LogP contribution is 2.14. The molecule has 0 aliphatic carbocycles. The molecule has 2 aromatic carbocycles. The normalized spacial score (nSPS) is 11.6. The molecule has 0 saturated heterocycles. The van der Waals surface area contributed by atoms with E-state index < -0.39 is 10.0 Å². The van der Waals surface area contributed by atoms with Crippen molar-refractivity contribution in [1.29, 1.82) is 0 Å². The van der Waals surface area contributed by atoms with Crippen molar-refractivity contribution in [3.8, 4) is 0 Å². The molecule has 2 rings (SSSR count). The summed E-state index contributed by atoms with van der Waals surface area (Å²) >= 11 is 5.77. The average Bonchev–Trinajstić information content (AvgIpc) is 2.55. The van der Waals surface area contributed by atoms with E-state index in [1.54, 1.807) is 42.5 Å². The quantitative estimate of drug-likeness (QED) is 0.814. The van der Waals surface area contributed by atoms with Crippen LogP contribution in [0.1, 0.15) is 5.56 Å². The van der Waals surface area contributed by atoms with E-state index in [0.717, 1.165) is 0 Å². The summed E-state index contributed by atoms with van der Waals surface area (Å²) in [5.74, 6) is -0.292. The van der Waals surface area contributed by atoms with Crippen LogP contribution in [0, 0.1) is 0 Å². The molecule has 2 N–H and O–H groups in total. The fourth-order valence-corrected chi connectivity index (χ4v) is 2.62. The molecule has 0 aliphatic rings. The molecule has 0 radical (unpaired) electrons. The van der Waals surface area contributed by atoms with Crippen LogP contribution in [-0.2, 0) is 14.8 Å². The predicted octanol–water partition coefficient (Wildman–Crippen LogP) is 2.90. The number of amides is 1. The van der Waals surface area contributed by atoms with Crippen LogP contribution in [0.15, 0.2) is 59.5 Å². The highest BCUT2D eigenvalue weighted by atomic mass is 35.5. The smallest absolute Gasteiger partial charge is 0.248 e. The van der Waals surface area contributed by atoms with E-state index in [4.69, 9.17) is 11.6 Å². The summed E-state index contributed by atoms with van der Waals surface area (Å²) < 4.78 is 25.4. The maximum absolute atomic E-state index is 11.8. The Morgan fingerprint density at radius 2 is 1.65 bits per heavy atom. The van der Waals surface area contributed by atoms with Crippen molar-refractivity contribution in [1.82, 2.24) is 4.72 Å². The lowest BCUT2D eigenvalue weighted by atomic mass is 10.2. The van der Waals surface area contributed by atoms with Gasteiger partial charge in [0.15, 0.2) is 0 Å². The van der Waals surface area contributed by atoms with Crippen molar-refractivity contribution in [3.05, 3.63) is 65.2 Å². The summed E-state index contributed by atoms with van der Waals surface area (Å²) in [7, 11) is -2.10. The van der Waals surface area contributed by atoms with Crippen molar-refractivity contribution in [2.24, 2.45) is 0 Å². The number of benzene rings is 2. The fraction of sp³-hybridized carbons (Fsp3) is 0.0625. The Balaban J connectivity index is 2.02. The van der Waals surface area contributed by atoms with Gasteiger partial charge in [-0.2, -0.15) is 0 Å². The zero-order valence-corrected chi connectivity index (χ0v) is 13.9. The number of carbonyl (C=O) groups excluding carboxylic acids is 1. The SMILES string of the molecule is CNS(=O)(=O)c1ccc(/C=C/C(=O)Nc2ccc(Cl)cc2)cc1. The number of carbonyl (C=O) groups is 1. The first kappa shape index (κ1) is 17.2. The Morgan fingerprint density at radius 1 is 1.04 bits per heavy atom. The van der Waals surface area contributed by atoms with Gasteiger partial charge in [-0.1, -0.05) is 23.7 Å². The van der Waals surface area contributed by atoms with Gasteiger partial charge < -0.3 is 5.32 Å². The number of sulfonamides is 1. The number of hydrogen-bond donors (Lipinski definition) is 2. The summed E-state index contributed by atoms with van der Waals surface area (Å²) in [6.45, 7) is 0. The van der Waals surface area contributed by atoms with Crippen molar-refractivity contribution in [2.75, 3.05) is 12.4 Å². The zero-order chi connectivity index (χ0) is 16.9. The van der Waals surface area contributed by atoms with Gasteiger partial charge in [0, 0.05) is 16.8 Å². The first-order chi connectivity index (χ1) is 10.9. The standard InChI is InChI=1S/C16H15ClN2O3S/c1-18-23(21,22)15-9-2-12(3-10-15)4-11-16(20)19-14-7-5-13(17)6-8-14/h2-11,18H,1H3,(H,19,20)/b11-4+. The molecule has 7 heteroatoms. The van der Waals surface area contributed by atoms with E-state index in [-0.39, 0.29) is 10.8 Å². The minimum Gasteiger partial charge on any atom is -0.323 e. The lowest BCUT2D eigenvalue weighted by Crippen LogP contribution is -2.18. The molecule has 0 saturated carbocycles. The zero-order valence-electron chi connectivity index (χ0n) is 12.3. The van der Waals surface area contributed by atoms with Gasteiger partial charge >= 0.3 is 0 Å². The van der Waals surface area contributed by atoms with E-state index in [1.807, 2.05) is 0 Å². The van der Waals surface area contributed by atoms with Crippen LogP contribution in [0.25, 0.3) is 6.08 Å². The highest BCUT2D eigenvalue weighted by Gasteiger charge is 2.09. The van der Waals surface area contributed by atoms with Crippen molar-refractivity contribution in [2.45, 2.75) is 4.90 Å². The molecule has 120 valence electrons. The number of anilines is 1. The van der Waals surface area contributed by atoms with Crippen LogP contribution >= 0.6 is 11.6 Å². The first-order valence-corrected chi connectivity index (χ1v) is 8.55. The summed E-state index contributed by atoms with van der Waals surface area (Å²) in [5, 5.41) is 3.29. The molecule has 2 aromatic rings. The second-order valence-corrected chi connectivity index (χ2v) is 6.93. The molecule has 0 unspecified atom stereocenters. The summed E-state index contributed by atoms with van der Waals surface area (Å²) in [5.41, 5.74) is 1.35. The van der Waals surface area contributed by atoms with Crippen molar-refractivity contribution < 1.29 is 13.2 Å². The van der Waals surface area contributed by atoms with Gasteiger partial charge in [0.1, 0.15) is 0 Å². The third-order valence-corrected chi connectivity index (χ3v) is 4.68. The Morgan fingerprint density at radius 3 is 2.22 bits per heavy atom. The summed E-state index contributed by atoms with van der Waals surface area (Å²) in [6, 6.07) is 13.0. The van der Waals surface area contributed by atoms with E-state index in [9.17, 15) is 13.2 Å². The fourth-order valence-electron chi connectivity index (χ4n) is 1.77. The maximum atomic E-state index is 11.8. The molecular formula is C16H15ClN2O3S. The number of nitrogens with one attached hydrogen (secondary N) is 2. The van der Waals surface area contributed by atoms with Crippen LogP contribution in [0.5, 0.6) is 0 Å². The molecule has 5 nitrogen and oxygen atoms in total. The van der Waals surface area contributed by atoms with Crippen LogP contribution in [0.4, 0.5) is 5.69 Å². The summed E-state index contributed by atoms with van der Waals surface area (Å²) in [4.78, 5) is 12.0. The van der Waals surface area contributed by atoms with E-state index in [0.29, 0.717) is 16.3 Å². The lowest BCUT2D eigenvalue weighted by Gasteiger charge is -2.03. The van der Waals surface area contributed by atoms with Gasteiger partial charge in [0.05, 0.1) is 4.90 Å². The van der Waals surface area contributed by atoms with Gasteiger partial charge in [-0.15, -0.1) is 0 Å². The third kappa shape index (κ3) is 4.92. The number of halogens is 1. The Hall–Kier alpha value is -2.15. The lowest BCUT2D eigenvalue weighted by molar-refractivity contribution is -0.111. The summed E-state index contributed by atoms with van der Waals surface area (Å²) in [6.07, 6.45) is 2.97. The molecule has 0 heterocycles. The second-order valence-electron chi connectivity index (χ2n) is 4.61. The minimum absolute atomic E-state index is 0.169. The minimum atomic E-state index is -3.45. The predicted molar refractivity (Wildman–Crippen MR) is 91.8 cm³/mol. The molecule has 23 heavy (non-hydrogen) atoms. The molecule has 0 spiro atoms. The Kier molecular flexibility index (Phi) is 5.54. The van der Waals surface area contributed by atoms with Crippen molar-refractivity contribution >= 4 is 39.3 Å². The monoisotopic (exact) mass is 350 g/mol. The second kappa shape index (κ2) is 7.41. The Labute approximate surface area is 140 Å². The van der Waals surface area contributed by atoms with E-state index >= 15 is 0 Å². The van der Waals surface area contributed by atoms with Crippen LogP contribution in [0.2, 0.25) is 5.02 Å². The highest BCUT2D eigenvalue weighted by molar-refractivity contribution is 7.89. The molecule has 0 fully saturated rings. The topological polar surface area (TPSA) is 75.3 Å². The Bertz CT molecular complexity index is 813. The average molecular weight is 351 g/mol. The van der Waals surface area contributed by atoms with E-state index in [1.165, 1.54) is 25.3 Å². The number of rotatable bonds is 5. The molecule has 1 amide bonds. The number of hydrogen-bond acceptors (Lipinski definition) is 3. The van der Waals surface area contributed by atoms with Gasteiger partial charge in [-0.3, -0.25) is 4.79 Å².